The second-order valence-corrected chi connectivity index (χ2v) is 17.7. The van der Waals surface area contributed by atoms with Crippen LogP contribution in [0.2, 0.25) is 0 Å². The van der Waals surface area contributed by atoms with Crippen LogP contribution >= 0.6 is 0 Å². The largest absolute Gasteiger partial charge is 0.445 e. The lowest BCUT2D eigenvalue weighted by Gasteiger charge is -2.51. The molecule has 5 aliphatic heterocycles. The number of carbonyl (C=O) groups excluding carboxylic acids is 3. The van der Waals surface area contributed by atoms with Crippen LogP contribution in [0.4, 0.5) is 14.4 Å². The zero-order chi connectivity index (χ0) is 48.8. The molecular formula is C47H61N5O17. The molecule has 22 nitrogen and oxygen atoms in total. The van der Waals surface area contributed by atoms with Gasteiger partial charge in [0.2, 0.25) is 0 Å². The van der Waals surface area contributed by atoms with Gasteiger partial charge in [0.05, 0.1) is 18.8 Å². The number of carbonyl (C=O) groups is 3. The summed E-state index contributed by atoms with van der Waals surface area (Å²) in [5, 5.41) is 61.5. The van der Waals surface area contributed by atoms with E-state index in [-0.39, 0.29) is 26.2 Å². The number of nitrogens with zero attached hydrogens (tertiary/aromatic N) is 2. The zero-order valence-corrected chi connectivity index (χ0v) is 38.0. The molecule has 0 radical (unpaired) electrons. The minimum absolute atomic E-state index is 0.103. The molecule has 0 bridgehead atoms. The van der Waals surface area contributed by atoms with E-state index in [1.54, 1.807) is 67.6 Å². The van der Waals surface area contributed by atoms with E-state index in [1.807, 2.05) is 35.2 Å². The number of hydrogen-bond acceptors (Lipinski definition) is 19. The van der Waals surface area contributed by atoms with Crippen molar-refractivity contribution in [1.82, 2.24) is 20.4 Å². The van der Waals surface area contributed by atoms with Crippen molar-refractivity contribution < 1.29 is 82.5 Å². The molecule has 8 rings (SSSR count). The Morgan fingerprint density at radius 2 is 1.32 bits per heavy atom. The number of benzene rings is 3. The number of amides is 3. The van der Waals surface area contributed by atoms with E-state index in [4.69, 9.17) is 48.4 Å². The van der Waals surface area contributed by atoms with Gasteiger partial charge in [0.25, 0.3) is 0 Å². The summed E-state index contributed by atoms with van der Waals surface area (Å²) in [5.74, 6) is -0.548. The Labute approximate surface area is 398 Å². The Kier molecular flexibility index (Phi) is 16.6. The minimum Gasteiger partial charge on any atom is -0.445 e. The molecule has 5 aliphatic rings. The van der Waals surface area contributed by atoms with Gasteiger partial charge in [-0.15, -0.1) is 0 Å². The highest BCUT2D eigenvalue weighted by atomic mass is 16.8. The molecule has 5 saturated heterocycles. The smallest absolute Gasteiger partial charge is 0.410 e. The predicted molar refractivity (Wildman–Crippen MR) is 237 cm³/mol. The quantitative estimate of drug-likeness (QED) is 0.0891. The molecule has 0 aromatic heterocycles. The fraction of sp³-hybridized carbons (Fsp3) is 0.553. The Bertz CT molecular complexity index is 2140. The SMILES string of the molecule is CC1C[C@@H]2OC(O[C@H]3OC(CO)[C@@H](N(CCN)Cc4ccccc4)[C@H](O)C3O)C3C(OC(=O)N3C)C2O[C@@H]1O[C@@H]1C(NC(=O)OCc2ccccc2)O[C@@H](NC(=O)OCc2ccccc2)C(O)[C@H]1O. The van der Waals surface area contributed by atoms with E-state index in [0.29, 0.717) is 24.2 Å². The highest BCUT2D eigenvalue weighted by Crippen LogP contribution is 2.42. The standard InChI is InChI=1S/C47H61N5O17/c1-25-20-29-37(38-32(51(2)47(60)67-38)43(63-29)69-44-36(57)33(54)31(30(22-53)64-44)52(19-18-48)21-26-12-6-3-7-13-26)65-42(25)66-39-34(55)35(56)40(49-45(58)61-23-27-14-8-4-9-15-27)68-41(39)50-46(59)62-24-28-16-10-5-11-17-28/h3-17,25,29-44,53-57H,18-24,48H2,1-2H3,(H,49,58)(H,50,59)/t25?,29-,30?,31+,32?,33-,34+,35?,36?,37?,38?,39-,40+,41?,42+,43?,44+/m0/s1. The van der Waals surface area contributed by atoms with Crippen molar-refractivity contribution in [3.63, 3.8) is 0 Å². The fourth-order valence-electron chi connectivity index (χ4n) is 9.41. The number of ether oxygens (including phenoxy) is 9. The van der Waals surface area contributed by atoms with E-state index in [2.05, 4.69) is 10.6 Å². The first-order valence-electron chi connectivity index (χ1n) is 22.9. The number of alkyl carbamates (subject to hydrolysis) is 2. The molecule has 22 heteroatoms. The van der Waals surface area contributed by atoms with E-state index < -0.39 is 129 Å². The van der Waals surface area contributed by atoms with E-state index in [1.165, 1.54) is 11.9 Å². The van der Waals surface area contributed by atoms with Crippen LogP contribution in [0.5, 0.6) is 0 Å². The van der Waals surface area contributed by atoms with Crippen LogP contribution in [-0.2, 0) is 62.4 Å². The zero-order valence-electron chi connectivity index (χ0n) is 38.0. The van der Waals surface area contributed by atoms with Crippen LogP contribution in [0.3, 0.4) is 0 Å². The molecule has 3 aromatic carbocycles. The van der Waals surface area contributed by atoms with Gasteiger partial charge in [-0.2, -0.15) is 0 Å². The van der Waals surface area contributed by atoms with Crippen molar-refractivity contribution in [2.45, 2.75) is 131 Å². The molecule has 5 fully saturated rings. The second-order valence-electron chi connectivity index (χ2n) is 17.7. The molecule has 17 atom stereocenters. The maximum absolute atomic E-state index is 13.2. The number of nitrogens with one attached hydrogen (secondary N) is 2. The third-order valence-corrected chi connectivity index (χ3v) is 13.0. The van der Waals surface area contributed by atoms with Crippen molar-refractivity contribution in [2.75, 3.05) is 26.7 Å². The molecule has 0 spiro atoms. The van der Waals surface area contributed by atoms with Crippen molar-refractivity contribution in [1.29, 1.82) is 0 Å². The summed E-state index contributed by atoms with van der Waals surface area (Å²) in [4.78, 5) is 42.4. The number of likely N-dealkylation sites (N-methyl/N-ethyl adjacent to an activating group) is 1. The average molecular weight is 968 g/mol. The van der Waals surface area contributed by atoms with Gasteiger partial charge in [0.1, 0.15) is 62.0 Å². The first-order chi connectivity index (χ1) is 33.3. The molecule has 0 aliphatic carbocycles. The van der Waals surface area contributed by atoms with Gasteiger partial charge in [0.15, 0.2) is 37.4 Å². The summed E-state index contributed by atoms with van der Waals surface area (Å²) in [6, 6.07) is 25.3. The molecule has 0 saturated carbocycles. The van der Waals surface area contributed by atoms with Crippen molar-refractivity contribution in [3.8, 4) is 0 Å². The third kappa shape index (κ3) is 11.6. The number of fused-ring (bicyclic) bond motifs is 3. The van der Waals surface area contributed by atoms with Crippen LogP contribution < -0.4 is 16.4 Å². The molecule has 69 heavy (non-hydrogen) atoms. The van der Waals surface area contributed by atoms with E-state index >= 15 is 0 Å². The van der Waals surface area contributed by atoms with Crippen LogP contribution in [0.1, 0.15) is 30.0 Å². The lowest BCUT2D eigenvalue weighted by atomic mass is 9.87. The summed E-state index contributed by atoms with van der Waals surface area (Å²) < 4.78 is 54.3. The van der Waals surface area contributed by atoms with Gasteiger partial charge >= 0.3 is 18.3 Å². The molecular weight excluding hydrogens is 907 g/mol. The van der Waals surface area contributed by atoms with Gasteiger partial charge in [-0.1, -0.05) is 97.9 Å². The second kappa shape index (κ2) is 22.8. The lowest BCUT2D eigenvalue weighted by Crippen LogP contribution is -2.69. The van der Waals surface area contributed by atoms with Gasteiger partial charge in [-0.25, -0.2) is 14.4 Å². The third-order valence-electron chi connectivity index (χ3n) is 13.0. The Balaban J connectivity index is 0.953. The normalized spacial score (nSPS) is 35.3. The maximum atomic E-state index is 13.2. The molecule has 5 heterocycles. The Hall–Kier alpha value is -5.05. The molecule has 9 unspecified atom stereocenters. The van der Waals surface area contributed by atoms with E-state index in [9.17, 15) is 39.9 Å². The first-order valence-corrected chi connectivity index (χ1v) is 22.9. The summed E-state index contributed by atoms with van der Waals surface area (Å²) >= 11 is 0. The van der Waals surface area contributed by atoms with Crippen LogP contribution in [-0.4, -0.2) is 179 Å². The Morgan fingerprint density at radius 3 is 1.91 bits per heavy atom. The highest BCUT2D eigenvalue weighted by molar-refractivity contribution is 5.71. The van der Waals surface area contributed by atoms with Crippen LogP contribution in [0.25, 0.3) is 0 Å². The van der Waals surface area contributed by atoms with Gasteiger partial charge in [-0.3, -0.25) is 20.4 Å². The summed E-state index contributed by atoms with van der Waals surface area (Å²) in [6.07, 6.45) is -21.9. The maximum Gasteiger partial charge on any atom is 0.410 e. The van der Waals surface area contributed by atoms with Gasteiger partial charge in [0, 0.05) is 32.6 Å². The van der Waals surface area contributed by atoms with E-state index in [0.717, 1.165) is 5.56 Å². The van der Waals surface area contributed by atoms with Gasteiger partial charge in [-0.05, 0) is 23.1 Å². The summed E-state index contributed by atoms with van der Waals surface area (Å²) in [5.41, 5.74) is 8.25. The highest BCUT2D eigenvalue weighted by Gasteiger charge is 2.61. The van der Waals surface area contributed by atoms with Gasteiger partial charge < -0.3 is 73.9 Å². The average Bonchev–Trinajstić information content (AvgIpc) is 3.66. The fourth-order valence-corrected chi connectivity index (χ4v) is 9.41. The number of aliphatic hydroxyl groups excluding tert-OH is 5. The van der Waals surface area contributed by atoms with Crippen molar-refractivity contribution in [3.05, 3.63) is 108 Å². The summed E-state index contributed by atoms with van der Waals surface area (Å²) in [7, 11) is 1.46. The summed E-state index contributed by atoms with van der Waals surface area (Å²) in [6.45, 7) is 1.88. The molecule has 9 N–H and O–H groups in total. The van der Waals surface area contributed by atoms with Crippen LogP contribution in [0, 0.1) is 5.92 Å². The topological polar surface area (TPSA) is 292 Å². The number of aliphatic hydroxyl groups is 5. The number of nitrogens with two attached hydrogens (primary N) is 1. The Morgan fingerprint density at radius 1 is 0.725 bits per heavy atom. The molecule has 3 amide bonds. The van der Waals surface area contributed by atoms with Crippen molar-refractivity contribution in [2.24, 2.45) is 11.7 Å². The first kappa shape index (κ1) is 50.3. The van der Waals surface area contributed by atoms with Crippen LogP contribution in [0.15, 0.2) is 91.0 Å². The van der Waals surface area contributed by atoms with Crippen molar-refractivity contribution >= 4 is 18.3 Å². The number of rotatable bonds is 16. The monoisotopic (exact) mass is 967 g/mol. The number of hydrogen-bond donors (Lipinski definition) is 8. The lowest BCUT2D eigenvalue weighted by molar-refractivity contribution is -0.381. The molecule has 376 valence electrons. The minimum atomic E-state index is -1.81. The molecule has 3 aromatic rings. The predicted octanol–water partition coefficient (Wildman–Crippen LogP) is 0.209.